The summed E-state index contributed by atoms with van der Waals surface area (Å²) in [6, 6.07) is 17.8. The Balaban J connectivity index is 1.62. The Labute approximate surface area is 211 Å². The summed E-state index contributed by atoms with van der Waals surface area (Å²) in [6.45, 7) is 1.39. The number of benzene rings is 3. The highest BCUT2D eigenvalue weighted by Gasteiger charge is 2.30. The Morgan fingerprint density at radius 2 is 1.58 bits per heavy atom. The number of primary amides is 1. The molecule has 36 heavy (non-hydrogen) atoms. The van der Waals surface area contributed by atoms with E-state index in [0.29, 0.717) is 22.5 Å². The van der Waals surface area contributed by atoms with Crippen LogP contribution in [0.2, 0.25) is 5.02 Å². The number of hydrazone groups is 1. The summed E-state index contributed by atoms with van der Waals surface area (Å²) in [5.74, 6) is -2.08. The third kappa shape index (κ3) is 5.31. The minimum atomic E-state index is -0.645. The number of carbonyl (C=O) groups excluding carboxylic acids is 4. The van der Waals surface area contributed by atoms with E-state index in [0.717, 1.165) is 0 Å². The zero-order valence-corrected chi connectivity index (χ0v) is 19.7. The highest BCUT2D eigenvalue weighted by Crippen LogP contribution is 2.26. The van der Waals surface area contributed by atoms with Gasteiger partial charge in [-0.1, -0.05) is 35.9 Å². The van der Waals surface area contributed by atoms with Crippen molar-refractivity contribution in [3.8, 4) is 0 Å². The Bertz CT molecular complexity index is 1460. The molecule has 3 aromatic rings. The van der Waals surface area contributed by atoms with Crippen molar-refractivity contribution in [2.45, 2.75) is 6.92 Å². The van der Waals surface area contributed by atoms with Crippen molar-refractivity contribution < 1.29 is 19.2 Å². The highest BCUT2D eigenvalue weighted by molar-refractivity contribution is 6.59. The summed E-state index contributed by atoms with van der Waals surface area (Å²) >= 11 is 6.20. The molecule has 3 amide bonds. The highest BCUT2D eigenvalue weighted by atomic mass is 35.5. The molecular weight excluding hydrogens is 482 g/mol. The fourth-order valence-corrected chi connectivity index (χ4v) is 3.67. The van der Waals surface area contributed by atoms with Crippen molar-refractivity contribution in [3.05, 3.63) is 94.0 Å². The van der Waals surface area contributed by atoms with Crippen molar-refractivity contribution in [1.29, 1.82) is 0 Å². The number of rotatable bonds is 6. The largest absolute Gasteiger partial charge is 0.366 e. The van der Waals surface area contributed by atoms with Crippen molar-refractivity contribution in [2.24, 2.45) is 10.8 Å². The van der Waals surface area contributed by atoms with Crippen LogP contribution in [-0.4, -0.2) is 29.2 Å². The molecule has 0 aromatic heterocycles. The molecule has 4 rings (SSSR count). The summed E-state index contributed by atoms with van der Waals surface area (Å²) in [7, 11) is 0. The minimum absolute atomic E-state index is 0.000184. The fourth-order valence-electron chi connectivity index (χ4n) is 3.51. The van der Waals surface area contributed by atoms with Crippen LogP contribution in [0.4, 0.5) is 17.1 Å². The van der Waals surface area contributed by atoms with Gasteiger partial charge < -0.3 is 16.4 Å². The van der Waals surface area contributed by atoms with Crippen molar-refractivity contribution >= 4 is 64.0 Å². The second-order valence-electron chi connectivity index (χ2n) is 7.82. The van der Waals surface area contributed by atoms with Gasteiger partial charge in [0.05, 0.1) is 16.3 Å². The lowest BCUT2D eigenvalue weighted by Crippen LogP contribution is -2.30. The summed E-state index contributed by atoms with van der Waals surface area (Å²) in [6.07, 6.45) is 1.50. The van der Waals surface area contributed by atoms with Crippen LogP contribution in [-0.2, 0) is 14.4 Å². The normalized spacial score (nSPS) is 13.4. The molecule has 0 spiro atoms. The maximum atomic E-state index is 13.3. The average molecular weight is 502 g/mol. The van der Waals surface area contributed by atoms with Crippen LogP contribution in [0.25, 0.3) is 6.08 Å². The molecule has 1 aliphatic rings. The molecule has 0 saturated carbocycles. The average Bonchev–Trinajstić information content (AvgIpc) is 2.84. The molecular formula is C26H20ClN5O4. The number of nitrogens with one attached hydrogen (secondary N) is 3. The van der Waals surface area contributed by atoms with Crippen molar-refractivity contribution in [2.75, 3.05) is 16.1 Å². The number of ketones is 1. The van der Waals surface area contributed by atoms with Crippen molar-refractivity contribution in [3.63, 3.8) is 0 Å². The molecule has 0 fully saturated rings. The quantitative estimate of drug-likeness (QED) is 0.300. The summed E-state index contributed by atoms with van der Waals surface area (Å²) in [5.41, 5.74) is 10.6. The van der Waals surface area contributed by atoms with E-state index in [1.165, 1.54) is 31.2 Å². The standard InChI is InChI=1S/C26H20ClN5O4/c1-14(33)29-17-7-9-18(10-8-17)30-26(36)20-12-15-4-2-3-5-19(15)23(24(20)34)32-31-22-13-16(25(28)35)6-11-21(22)27/h2-13,31H,1H3,(H2,28,35)(H,29,33)(H,30,36)/b32-23-. The van der Waals surface area contributed by atoms with Gasteiger partial charge in [-0.2, -0.15) is 5.10 Å². The number of hydrogen-bond acceptors (Lipinski definition) is 6. The lowest BCUT2D eigenvalue weighted by Gasteiger charge is -2.18. The lowest BCUT2D eigenvalue weighted by molar-refractivity contribution is -0.117. The minimum Gasteiger partial charge on any atom is -0.366 e. The van der Waals surface area contributed by atoms with E-state index in [9.17, 15) is 19.2 Å². The monoisotopic (exact) mass is 501 g/mol. The third-order valence-electron chi connectivity index (χ3n) is 5.22. The van der Waals surface area contributed by atoms with E-state index in [-0.39, 0.29) is 33.5 Å². The number of Topliss-reactive ketones (excluding diaryl/α,β-unsaturated/α-hetero) is 1. The number of halogens is 1. The van der Waals surface area contributed by atoms with Crippen LogP contribution in [0.5, 0.6) is 0 Å². The van der Waals surface area contributed by atoms with E-state index in [1.807, 2.05) is 0 Å². The van der Waals surface area contributed by atoms with Crippen LogP contribution >= 0.6 is 11.6 Å². The van der Waals surface area contributed by atoms with E-state index in [1.54, 1.807) is 48.5 Å². The summed E-state index contributed by atoms with van der Waals surface area (Å²) in [5, 5.41) is 9.82. The van der Waals surface area contributed by atoms with Crippen LogP contribution in [0.1, 0.15) is 28.4 Å². The molecule has 0 heterocycles. The number of anilines is 3. The van der Waals surface area contributed by atoms with Crippen LogP contribution in [0.15, 0.2) is 77.4 Å². The Kier molecular flexibility index (Phi) is 6.93. The Hall–Kier alpha value is -4.76. The molecule has 0 saturated heterocycles. The first-order valence-electron chi connectivity index (χ1n) is 10.7. The van der Waals surface area contributed by atoms with Gasteiger partial charge in [0, 0.05) is 29.4 Å². The van der Waals surface area contributed by atoms with Gasteiger partial charge in [-0.25, -0.2) is 0 Å². The zero-order chi connectivity index (χ0) is 25.8. The molecule has 1 aliphatic carbocycles. The fraction of sp³-hybridized carbons (Fsp3) is 0.0385. The molecule has 10 heteroatoms. The molecule has 0 aliphatic heterocycles. The van der Waals surface area contributed by atoms with E-state index < -0.39 is 17.6 Å². The first-order chi connectivity index (χ1) is 17.2. The topological polar surface area (TPSA) is 143 Å². The molecule has 0 unspecified atom stereocenters. The molecule has 9 nitrogen and oxygen atoms in total. The Morgan fingerprint density at radius 3 is 2.25 bits per heavy atom. The first kappa shape index (κ1) is 24.4. The second kappa shape index (κ2) is 10.2. The number of nitrogens with two attached hydrogens (primary N) is 1. The maximum absolute atomic E-state index is 13.3. The number of carbonyl (C=O) groups is 4. The van der Waals surface area contributed by atoms with E-state index >= 15 is 0 Å². The molecule has 5 N–H and O–H groups in total. The summed E-state index contributed by atoms with van der Waals surface area (Å²) in [4.78, 5) is 49.0. The molecule has 180 valence electrons. The summed E-state index contributed by atoms with van der Waals surface area (Å²) < 4.78 is 0. The lowest BCUT2D eigenvalue weighted by atomic mass is 9.89. The zero-order valence-electron chi connectivity index (χ0n) is 19.0. The second-order valence-corrected chi connectivity index (χ2v) is 8.23. The van der Waals surface area contributed by atoms with Gasteiger partial charge in [-0.05, 0) is 54.1 Å². The SMILES string of the molecule is CC(=O)Nc1ccc(NC(=O)C2=Cc3ccccc3/C(=N/Nc3cc(C(N)=O)ccc3Cl)C2=O)cc1. The molecule has 0 atom stereocenters. The van der Waals surface area contributed by atoms with Gasteiger partial charge in [0.25, 0.3) is 5.91 Å². The first-order valence-corrected chi connectivity index (χ1v) is 11.1. The number of fused-ring (bicyclic) bond motifs is 1. The number of hydrogen-bond donors (Lipinski definition) is 4. The van der Waals surface area contributed by atoms with Crippen LogP contribution in [0, 0.1) is 0 Å². The van der Waals surface area contributed by atoms with Gasteiger partial charge in [0.1, 0.15) is 5.71 Å². The van der Waals surface area contributed by atoms with Crippen molar-refractivity contribution in [1.82, 2.24) is 0 Å². The Morgan fingerprint density at radius 1 is 0.917 bits per heavy atom. The number of amides is 3. The van der Waals surface area contributed by atoms with Crippen LogP contribution in [0.3, 0.4) is 0 Å². The van der Waals surface area contributed by atoms with Gasteiger partial charge in [0.2, 0.25) is 17.6 Å². The van der Waals surface area contributed by atoms with Gasteiger partial charge in [-0.15, -0.1) is 0 Å². The molecule has 0 radical (unpaired) electrons. The van der Waals surface area contributed by atoms with E-state index in [2.05, 4.69) is 21.2 Å². The van der Waals surface area contributed by atoms with E-state index in [4.69, 9.17) is 17.3 Å². The smallest absolute Gasteiger partial charge is 0.259 e. The maximum Gasteiger partial charge on any atom is 0.259 e. The van der Waals surface area contributed by atoms with Gasteiger partial charge in [-0.3, -0.25) is 24.6 Å². The predicted octanol–water partition coefficient (Wildman–Crippen LogP) is 3.82. The molecule has 0 bridgehead atoms. The van der Waals surface area contributed by atoms with Gasteiger partial charge in [0.15, 0.2) is 0 Å². The third-order valence-corrected chi connectivity index (χ3v) is 5.55. The van der Waals surface area contributed by atoms with Gasteiger partial charge >= 0.3 is 0 Å². The predicted molar refractivity (Wildman–Crippen MR) is 139 cm³/mol. The van der Waals surface area contributed by atoms with Crippen LogP contribution < -0.4 is 21.8 Å². The number of nitrogens with zero attached hydrogens (tertiary/aromatic N) is 1. The molecule has 3 aromatic carbocycles.